The highest BCUT2D eigenvalue weighted by Gasteiger charge is 2.23. The number of benzene rings is 1. The molecule has 7 nitrogen and oxygen atoms in total. The van der Waals surface area contributed by atoms with Crippen LogP contribution in [0, 0.1) is 0 Å². The molecule has 2 aliphatic heterocycles. The summed E-state index contributed by atoms with van der Waals surface area (Å²) >= 11 is 6.03. The van der Waals surface area contributed by atoms with Gasteiger partial charge in [-0.05, 0) is 37.1 Å². The first-order valence-corrected chi connectivity index (χ1v) is 11.3. The van der Waals surface area contributed by atoms with Gasteiger partial charge in [-0.1, -0.05) is 23.7 Å². The molecular formula is C22H34ClN5O2. The maximum absolute atomic E-state index is 12.6. The Hall–Kier alpha value is -1.83. The summed E-state index contributed by atoms with van der Waals surface area (Å²) in [5.41, 5.74) is 0.962. The number of nitrogens with zero attached hydrogens (tertiary/aromatic N) is 4. The lowest BCUT2D eigenvalue weighted by atomic mass is 10.1. The molecule has 2 heterocycles. The van der Waals surface area contributed by atoms with Gasteiger partial charge in [0.2, 0.25) is 5.91 Å². The molecule has 0 radical (unpaired) electrons. The number of unbranched alkanes of at least 4 members (excludes halogenated alkanes) is 1. The van der Waals surface area contributed by atoms with Crippen LogP contribution in [0.15, 0.2) is 29.3 Å². The third kappa shape index (κ3) is 7.15. The van der Waals surface area contributed by atoms with E-state index in [2.05, 4.69) is 20.1 Å². The fourth-order valence-corrected chi connectivity index (χ4v) is 4.13. The number of hydrogen-bond acceptors (Lipinski definition) is 4. The molecule has 0 saturated carbocycles. The molecule has 1 aromatic rings. The number of halogens is 1. The number of nitrogens with one attached hydrogen (secondary N) is 1. The molecule has 8 heteroatoms. The van der Waals surface area contributed by atoms with Crippen LogP contribution < -0.4 is 5.32 Å². The molecule has 2 saturated heterocycles. The van der Waals surface area contributed by atoms with E-state index in [1.165, 1.54) is 6.42 Å². The van der Waals surface area contributed by atoms with Crippen LogP contribution in [0.4, 0.5) is 0 Å². The van der Waals surface area contributed by atoms with E-state index in [-0.39, 0.29) is 5.91 Å². The number of rotatable bonds is 7. The number of ether oxygens (including phenoxy) is 1. The molecular weight excluding hydrogens is 402 g/mol. The van der Waals surface area contributed by atoms with Crippen molar-refractivity contribution in [2.45, 2.75) is 19.3 Å². The SMILES string of the molecule is CN=C(NCCCCN1CCOCC1)N1CCN(C(=O)Cc2cccc(Cl)c2)CC1. The molecule has 1 N–H and O–H groups in total. The van der Waals surface area contributed by atoms with Crippen molar-refractivity contribution in [2.24, 2.45) is 4.99 Å². The Bertz CT molecular complexity index is 701. The van der Waals surface area contributed by atoms with Crippen LogP contribution in [-0.4, -0.2) is 99.2 Å². The zero-order valence-corrected chi connectivity index (χ0v) is 18.7. The Morgan fingerprint density at radius 1 is 1.10 bits per heavy atom. The fourth-order valence-electron chi connectivity index (χ4n) is 3.92. The molecule has 3 rings (SSSR count). The number of carbonyl (C=O) groups excluding carboxylic acids is 1. The first-order chi connectivity index (χ1) is 14.7. The summed E-state index contributed by atoms with van der Waals surface area (Å²) in [7, 11) is 1.83. The van der Waals surface area contributed by atoms with Crippen molar-refractivity contribution in [3.8, 4) is 0 Å². The third-order valence-corrected chi connectivity index (χ3v) is 5.91. The normalized spacial score (nSPS) is 18.5. The van der Waals surface area contributed by atoms with Crippen molar-refractivity contribution in [1.29, 1.82) is 0 Å². The van der Waals surface area contributed by atoms with E-state index < -0.39 is 0 Å². The summed E-state index contributed by atoms with van der Waals surface area (Å²) in [6, 6.07) is 7.53. The second-order valence-electron chi connectivity index (χ2n) is 7.81. The van der Waals surface area contributed by atoms with Crippen molar-refractivity contribution < 1.29 is 9.53 Å². The number of guanidine groups is 1. The molecule has 166 valence electrons. The highest BCUT2D eigenvalue weighted by Crippen LogP contribution is 2.13. The number of hydrogen-bond donors (Lipinski definition) is 1. The molecule has 0 spiro atoms. The molecule has 30 heavy (non-hydrogen) atoms. The zero-order chi connectivity index (χ0) is 21.2. The Morgan fingerprint density at radius 2 is 1.83 bits per heavy atom. The van der Waals surface area contributed by atoms with Crippen LogP contribution >= 0.6 is 11.6 Å². The van der Waals surface area contributed by atoms with Gasteiger partial charge < -0.3 is 19.9 Å². The molecule has 1 amide bonds. The van der Waals surface area contributed by atoms with Gasteiger partial charge in [-0.2, -0.15) is 0 Å². The van der Waals surface area contributed by atoms with Crippen molar-refractivity contribution >= 4 is 23.5 Å². The van der Waals surface area contributed by atoms with Gasteiger partial charge in [-0.15, -0.1) is 0 Å². The van der Waals surface area contributed by atoms with Crippen molar-refractivity contribution in [1.82, 2.24) is 20.0 Å². The Kier molecular flexibility index (Phi) is 9.24. The lowest BCUT2D eigenvalue weighted by Gasteiger charge is -2.36. The van der Waals surface area contributed by atoms with Crippen LogP contribution in [0.25, 0.3) is 0 Å². The molecule has 2 aliphatic rings. The van der Waals surface area contributed by atoms with Crippen LogP contribution in [0.3, 0.4) is 0 Å². The monoisotopic (exact) mass is 435 g/mol. The Balaban J connectivity index is 1.34. The Morgan fingerprint density at radius 3 is 2.53 bits per heavy atom. The first kappa shape index (κ1) is 22.8. The minimum absolute atomic E-state index is 0.156. The van der Waals surface area contributed by atoms with Gasteiger partial charge in [0.15, 0.2) is 5.96 Å². The second-order valence-corrected chi connectivity index (χ2v) is 8.25. The van der Waals surface area contributed by atoms with Gasteiger partial charge in [0, 0.05) is 57.9 Å². The largest absolute Gasteiger partial charge is 0.379 e. The summed E-state index contributed by atoms with van der Waals surface area (Å²) in [5, 5.41) is 4.15. The standard InChI is InChI=1S/C22H34ClN5O2/c1-24-22(25-7-2-3-8-26-13-15-30-16-14-26)28-11-9-27(10-12-28)21(29)18-19-5-4-6-20(23)17-19/h4-6,17H,2-3,7-16,18H2,1H3,(H,24,25). The average molecular weight is 436 g/mol. The maximum atomic E-state index is 12.6. The van der Waals surface area contributed by atoms with Crippen LogP contribution in [-0.2, 0) is 16.0 Å². The molecule has 1 aromatic carbocycles. The predicted molar refractivity (Wildman–Crippen MR) is 121 cm³/mol. The molecule has 2 fully saturated rings. The number of morpholine rings is 1. The van der Waals surface area contributed by atoms with Gasteiger partial charge in [0.05, 0.1) is 19.6 Å². The predicted octanol–water partition coefficient (Wildman–Crippen LogP) is 1.71. The van der Waals surface area contributed by atoms with Crippen molar-refractivity contribution in [3.63, 3.8) is 0 Å². The smallest absolute Gasteiger partial charge is 0.227 e. The van der Waals surface area contributed by atoms with E-state index in [4.69, 9.17) is 16.3 Å². The quantitative estimate of drug-likeness (QED) is 0.401. The minimum Gasteiger partial charge on any atom is -0.379 e. The average Bonchev–Trinajstić information content (AvgIpc) is 2.77. The van der Waals surface area contributed by atoms with Gasteiger partial charge in [-0.25, -0.2) is 0 Å². The first-order valence-electron chi connectivity index (χ1n) is 10.9. The summed E-state index contributed by atoms with van der Waals surface area (Å²) in [5.74, 6) is 1.09. The maximum Gasteiger partial charge on any atom is 0.227 e. The van der Waals surface area contributed by atoms with E-state index in [0.29, 0.717) is 11.4 Å². The lowest BCUT2D eigenvalue weighted by Crippen LogP contribution is -2.54. The Labute approximate surface area is 185 Å². The lowest BCUT2D eigenvalue weighted by molar-refractivity contribution is -0.131. The van der Waals surface area contributed by atoms with Gasteiger partial charge in [0.1, 0.15) is 0 Å². The zero-order valence-electron chi connectivity index (χ0n) is 18.0. The van der Waals surface area contributed by atoms with Crippen LogP contribution in [0.2, 0.25) is 5.02 Å². The van der Waals surface area contributed by atoms with E-state index in [9.17, 15) is 4.79 Å². The van der Waals surface area contributed by atoms with Crippen molar-refractivity contribution in [3.05, 3.63) is 34.9 Å². The summed E-state index contributed by atoms with van der Waals surface area (Å²) in [6.07, 6.45) is 2.70. The van der Waals surface area contributed by atoms with E-state index in [1.807, 2.05) is 36.2 Å². The highest BCUT2D eigenvalue weighted by molar-refractivity contribution is 6.30. The van der Waals surface area contributed by atoms with E-state index in [0.717, 1.165) is 83.5 Å². The summed E-state index contributed by atoms with van der Waals surface area (Å²) in [6.45, 7) is 8.92. The second kappa shape index (κ2) is 12.1. The number of carbonyl (C=O) groups is 1. The van der Waals surface area contributed by atoms with Crippen LogP contribution in [0.1, 0.15) is 18.4 Å². The molecule has 0 aliphatic carbocycles. The molecule has 0 atom stereocenters. The number of piperazine rings is 1. The fraction of sp³-hybridized carbons (Fsp3) is 0.636. The topological polar surface area (TPSA) is 60.4 Å². The van der Waals surface area contributed by atoms with Gasteiger partial charge in [0.25, 0.3) is 0 Å². The molecule has 0 unspecified atom stereocenters. The third-order valence-electron chi connectivity index (χ3n) is 5.68. The summed E-state index contributed by atoms with van der Waals surface area (Å²) in [4.78, 5) is 23.7. The number of amides is 1. The minimum atomic E-state index is 0.156. The number of aliphatic imine (C=N–C) groups is 1. The summed E-state index contributed by atoms with van der Waals surface area (Å²) < 4.78 is 5.39. The van der Waals surface area contributed by atoms with Crippen molar-refractivity contribution in [2.75, 3.05) is 72.6 Å². The van der Waals surface area contributed by atoms with Gasteiger partial charge >= 0.3 is 0 Å². The molecule has 0 aromatic heterocycles. The highest BCUT2D eigenvalue weighted by atomic mass is 35.5. The van der Waals surface area contributed by atoms with Gasteiger partial charge in [-0.3, -0.25) is 14.7 Å². The van der Waals surface area contributed by atoms with Crippen LogP contribution in [0.5, 0.6) is 0 Å². The van der Waals surface area contributed by atoms with E-state index >= 15 is 0 Å². The molecule has 0 bridgehead atoms. The van der Waals surface area contributed by atoms with E-state index in [1.54, 1.807) is 0 Å².